The van der Waals surface area contributed by atoms with Gasteiger partial charge in [-0.05, 0) is 25.0 Å². The fourth-order valence-electron chi connectivity index (χ4n) is 2.69. The third-order valence-corrected chi connectivity index (χ3v) is 3.99. The second kappa shape index (κ2) is 7.08. The van der Waals surface area contributed by atoms with Gasteiger partial charge >= 0.3 is 5.97 Å². The quantitative estimate of drug-likeness (QED) is 0.864. The van der Waals surface area contributed by atoms with Crippen LogP contribution in [0.1, 0.15) is 24.7 Å². The Morgan fingerprint density at radius 1 is 1.12 bits per heavy atom. The molecule has 2 heterocycles. The van der Waals surface area contributed by atoms with E-state index in [2.05, 4.69) is 10.2 Å². The zero-order valence-electron chi connectivity index (χ0n) is 13.0. The summed E-state index contributed by atoms with van der Waals surface area (Å²) in [6, 6.07) is 9.56. The third kappa shape index (κ3) is 3.68. The van der Waals surface area contributed by atoms with E-state index in [1.165, 1.54) is 0 Å². The molecule has 1 aliphatic heterocycles. The molecule has 1 amide bonds. The maximum atomic E-state index is 11.9. The fourth-order valence-corrected chi connectivity index (χ4v) is 2.69. The molecular weight excluding hydrogens is 310 g/mol. The molecule has 0 atom stereocenters. The molecule has 1 aliphatic rings. The van der Waals surface area contributed by atoms with Crippen LogP contribution in [0, 0.1) is 0 Å². The summed E-state index contributed by atoms with van der Waals surface area (Å²) < 4.78 is 5.77. The summed E-state index contributed by atoms with van der Waals surface area (Å²) in [6.07, 6.45) is 3.37. The zero-order chi connectivity index (χ0) is 16.9. The number of carbonyl (C=O) groups excluding carboxylic acids is 1. The summed E-state index contributed by atoms with van der Waals surface area (Å²) in [7, 11) is 0. The number of carbonyl (C=O) groups is 2. The number of aromatic nitrogens is 2. The highest BCUT2D eigenvalue weighted by Gasteiger charge is 2.26. The first kappa shape index (κ1) is 15.9. The van der Waals surface area contributed by atoms with Crippen LogP contribution in [-0.4, -0.2) is 45.2 Å². The number of rotatable bonds is 4. The molecule has 1 fully saturated rings. The van der Waals surface area contributed by atoms with Gasteiger partial charge in [-0.3, -0.25) is 4.79 Å². The van der Waals surface area contributed by atoms with E-state index in [-0.39, 0.29) is 11.8 Å². The minimum absolute atomic E-state index is 0.113. The predicted octanol–water partition coefficient (Wildman–Crippen LogP) is 2.08. The maximum Gasteiger partial charge on any atom is 0.328 e. The van der Waals surface area contributed by atoms with Crippen LogP contribution in [0.2, 0.25) is 0 Å². The summed E-state index contributed by atoms with van der Waals surface area (Å²) in [5.41, 5.74) is 0.877. The Morgan fingerprint density at radius 3 is 2.50 bits per heavy atom. The van der Waals surface area contributed by atoms with E-state index >= 15 is 0 Å². The van der Waals surface area contributed by atoms with Crippen molar-refractivity contribution in [3.63, 3.8) is 0 Å². The highest BCUT2D eigenvalue weighted by molar-refractivity contribution is 5.93. The second-order valence-electron chi connectivity index (χ2n) is 5.58. The van der Waals surface area contributed by atoms with Gasteiger partial charge < -0.3 is 14.4 Å². The van der Waals surface area contributed by atoms with Crippen LogP contribution >= 0.6 is 0 Å². The topological polar surface area (TPSA) is 96.5 Å². The van der Waals surface area contributed by atoms with E-state index in [0.717, 1.165) is 17.7 Å². The molecule has 1 aromatic heterocycles. The Labute approximate surface area is 138 Å². The van der Waals surface area contributed by atoms with E-state index in [1.807, 2.05) is 30.3 Å². The van der Waals surface area contributed by atoms with Crippen LogP contribution in [0.5, 0.6) is 0 Å². The predicted molar refractivity (Wildman–Crippen MR) is 85.1 cm³/mol. The van der Waals surface area contributed by atoms with Crippen molar-refractivity contribution >= 4 is 11.9 Å². The molecule has 24 heavy (non-hydrogen) atoms. The molecule has 0 spiro atoms. The number of likely N-dealkylation sites (tertiary alicyclic amines) is 1. The second-order valence-corrected chi connectivity index (χ2v) is 5.58. The summed E-state index contributed by atoms with van der Waals surface area (Å²) in [4.78, 5) is 23.9. The van der Waals surface area contributed by atoms with Gasteiger partial charge in [0.2, 0.25) is 17.7 Å². The average molecular weight is 327 g/mol. The highest BCUT2D eigenvalue weighted by atomic mass is 16.4. The van der Waals surface area contributed by atoms with Gasteiger partial charge in [0, 0.05) is 36.7 Å². The van der Waals surface area contributed by atoms with E-state index in [9.17, 15) is 9.59 Å². The minimum atomic E-state index is -1.13. The minimum Gasteiger partial charge on any atom is -0.478 e. The summed E-state index contributed by atoms with van der Waals surface area (Å²) in [5, 5.41) is 16.8. The normalized spacial score (nSPS) is 15.8. The Bertz CT molecular complexity index is 746. The number of hydrogen-bond acceptors (Lipinski definition) is 5. The van der Waals surface area contributed by atoms with Crippen molar-refractivity contribution in [2.24, 2.45) is 0 Å². The molecule has 7 nitrogen and oxygen atoms in total. The van der Waals surface area contributed by atoms with Gasteiger partial charge in [-0.25, -0.2) is 4.79 Å². The fraction of sp³-hybridized carbons (Fsp3) is 0.294. The smallest absolute Gasteiger partial charge is 0.328 e. The number of hydrogen-bond donors (Lipinski definition) is 1. The molecule has 0 aliphatic carbocycles. The lowest BCUT2D eigenvalue weighted by Crippen LogP contribution is -2.37. The van der Waals surface area contributed by atoms with Crippen LogP contribution in [0.25, 0.3) is 11.5 Å². The van der Waals surface area contributed by atoms with E-state index in [1.54, 1.807) is 4.90 Å². The van der Waals surface area contributed by atoms with Crippen LogP contribution in [-0.2, 0) is 9.59 Å². The number of carboxylic acid groups (broad SMARTS) is 1. The zero-order valence-corrected chi connectivity index (χ0v) is 13.0. The van der Waals surface area contributed by atoms with Gasteiger partial charge in [-0.15, -0.1) is 10.2 Å². The molecular formula is C17H17N3O4. The summed E-state index contributed by atoms with van der Waals surface area (Å²) in [5.74, 6) is -0.220. The van der Waals surface area contributed by atoms with Crippen molar-refractivity contribution in [1.29, 1.82) is 0 Å². The average Bonchev–Trinajstić information content (AvgIpc) is 3.10. The largest absolute Gasteiger partial charge is 0.478 e. The molecule has 0 unspecified atom stereocenters. The van der Waals surface area contributed by atoms with Gasteiger partial charge in [-0.2, -0.15) is 0 Å². The molecule has 0 saturated carbocycles. The number of benzene rings is 1. The Balaban J connectivity index is 1.60. The van der Waals surface area contributed by atoms with E-state index < -0.39 is 5.97 Å². The van der Waals surface area contributed by atoms with E-state index in [0.29, 0.717) is 37.7 Å². The van der Waals surface area contributed by atoms with Crippen molar-refractivity contribution in [2.45, 2.75) is 18.8 Å². The number of carboxylic acids is 1. The highest BCUT2D eigenvalue weighted by Crippen LogP contribution is 2.29. The number of aliphatic carboxylic acids is 1. The van der Waals surface area contributed by atoms with Gasteiger partial charge in [-0.1, -0.05) is 18.2 Å². The first-order valence-electron chi connectivity index (χ1n) is 7.72. The molecule has 0 bridgehead atoms. The number of piperidine rings is 1. The van der Waals surface area contributed by atoms with Crippen molar-refractivity contribution in [3.8, 4) is 11.5 Å². The molecule has 0 radical (unpaired) electrons. The molecule has 1 saturated heterocycles. The van der Waals surface area contributed by atoms with Crippen LogP contribution in [0.3, 0.4) is 0 Å². The Kier molecular flexibility index (Phi) is 4.69. The maximum absolute atomic E-state index is 11.9. The Morgan fingerprint density at radius 2 is 1.83 bits per heavy atom. The van der Waals surface area contributed by atoms with Crippen LogP contribution < -0.4 is 0 Å². The van der Waals surface area contributed by atoms with Crippen molar-refractivity contribution in [2.75, 3.05) is 13.1 Å². The molecule has 3 rings (SSSR count). The van der Waals surface area contributed by atoms with Crippen molar-refractivity contribution < 1.29 is 19.1 Å². The third-order valence-electron chi connectivity index (χ3n) is 3.99. The standard InChI is InChI=1S/C17H17N3O4/c21-14(6-7-15(22)23)20-10-8-13(9-11-20)17-19-18-16(24-17)12-4-2-1-3-5-12/h1-7,13H,8-11H2,(H,22,23)/b7-6-. The van der Waals surface area contributed by atoms with Gasteiger partial charge in [0.05, 0.1) is 0 Å². The molecule has 1 aromatic carbocycles. The molecule has 124 valence electrons. The van der Waals surface area contributed by atoms with Crippen molar-refractivity contribution in [1.82, 2.24) is 15.1 Å². The van der Waals surface area contributed by atoms with Crippen molar-refractivity contribution in [3.05, 3.63) is 48.4 Å². The van der Waals surface area contributed by atoms with Gasteiger partial charge in [0.25, 0.3) is 0 Å². The first-order valence-corrected chi connectivity index (χ1v) is 7.72. The van der Waals surface area contributed by atoms with Gasteiger partial charge in [0.15, 0.2) is 0 Å². The molecule has 1 N–H and O–H groups in total. The lowest BCUT2D eigenvalue weighted by molar-refractivity contribution is -0.132. The Hall–Kier alpha value is -2.96. The van der Waals surface area contributed by atoms with E-state index in [4.69, 9.17) is 9.52 Å². The monoisotopic (exact) mass is 327 g/mol. The lowest BCUT2D eigenvalue weighted by Gasteiger charge is -2.29. The van der Waals surface area contributed by atoms with Crippen LogP contribution in [0.15, 0.2) is 46.9 Å². The first-order chi connectivity index (χ1) is 11.6. The summed E-state index contributed by atoms with van der Waals surface area (Å²) in [6.45, 7) is 1.08. The SMILES string of the molecule is O=C(O)/C=C\C(=O)N1CCC(c2nnc(-c3ccccc3)o2)CC1. The van der Waals surface area contributed by atoms with Gasteiger partial charge in [0.1, 0.15) is 0 Å². The molecule has 2 aromatic rings. The van der Waals surface area contributed by atoms with Crippen LogP contribution in [0.4, 0.5) is 0 Å². The number of nitrogens with zero attached hydrogens (tertiary/aromatic N) is 3. The number of amides is 1. The lowest BCUT2D eigenvalue weighted by atomic mass is 9.97. The summed E-state index contributed by atoms with van der Waals surface area (Å²) >= 11 is 0. The molecule has 7 heteroatoms.